The van der Waals surface area contributed by atoms with E-state index in [4.69, 9.17) is 0 Å². The SMILES string of the molecule is CC(C)C(NC(=O)c1cccc(S(=O)(=O)NCc2ccccc2)c1)c1nc2ccccc2[nH]1. The van der Waals surface area contributed by atoms with Crippen molar-refractivity contribution in [3.63, 3.8) is 0 Å². The Morgan fingerprint density at radius 2 is 1.70 bits per heavy atom. The number of hydrogen-bond acceptors (Lipinski definition) is 4. The van der Waals surface area contributed by atoms with Gasteiger partial charge in [-0.25, -0.2) is 18.1 Å². The number of rotatable bonds is 8. The highest BCUT2D eigenvalue weighted by Crippen LogP contribution is 2.23. The van der Waals surface area contributed by atoms with E-state index in [1.165, 1.54) is 12.1 Å². The van der Waals surface area contributed by atoms with E-state index in [1.807, 2.05) is 68.4 Å². The molecule has 4 rings (SSSR count). The van der Waals surface area contributed by atoms with Crippen LogP contribution in [0.15, 0.2) is 83.8 Å². The molecule has 0 saturated carbocycles. The lowest BCUT2D eigenvalue weighted by Crippen LogP contribution is -2.32. The van der Waals surface area contributed by atoms with E-state index < -0.39 is 10.0 Å². The number of carbonyl (C=O) groups excluding carboxylic acids is 1. The molecule has 3 aromatic carbocycles. The zero-order chi connectivity index (χ0) is 23.4. The van der Waals surface area contributed by atoms with Crippen LogP contribution in [0.2, 0.25) is 0 Å². The number of H-pyrrole nitrogens is 1. The first-order chi connectivity index (χ1) is 15.8. The fourth-order valence-corrected chi connectivity index (χ4v) is 4.62. The number of imidazole rings is 1. The average Bonchev–Trinajstić information content (AvgIpc) is 3.25. The number of sulfonamides is 1. The fourth-order valence-electron chi connectivity index (χ4n) is 3.56. The summed E-state index contributed by atoms with van der Waals surface area (Å²) in [5.41, 5.74) is 2.83. The van der Waals surface area contributed by atoms with E-state index in [0.717, 1.165) is 16.6 Å². The van der Waals surface area contributed by atoms with E-state index in [1.54, 1.807) is 12.1 Å². The lowest BCUT2D eigenvalue weighted by Gasteiger charge is -2.20. The fraction of sp³-hybridized carbons (Fsp3) is 0.200. The number of aromatic amines is 1. The first-order valence-corrected chi connectivity index (χ1v) is 12.2. The molecule has 0 bridgehead atoms. The second kappa shape index (κ2) is 9.56. The Hall–Kier alpha value is -3.49. The number of aromatic nitrogens is 2. The Bertz CT molecular complexity index is 1330. The molecule has 0 saturated heterocycles. The summed E-state index contributed by atoms with van der Waals surface area (Å²) in [4.78, 5) is 21.0. The monoisotopic (exact) mass is 462 g/mol. The van der Waals surface area contributed by atoms with Gasteiger partial charge < -0.3 is 10.3 Å². The third-order valence-electron chi connectivity index (χ3n) is 5.37. The maximum Gasteiger partial charge on any atom is 0.251 e. The van der Waals surface area contributed by atoms with E-state index in [-0.39, 0.29) is 34.9 Å². The molecule has 1 heterocycles. The van der Waals surface area contributed by atoms with Crippen molar-refractivity contribution in [3.8, 4) is 0 Å². The number of fused-ring (bicyclic) bond motifs is 1. The highest BCUT2D eigenvalue weighted by molar-refractivity contribution is 7.89. The van der Waals surface area contributed by atoms with Crippen LogP contribution in [-0.2, 0) is 16.6 Å². The molecule has 3 N–H and O–H groups in total. The van der Waals surface area contributed by atoms with Crippen LogP contribution in [0.3, 0.4) is 0 Å². The summed E-state index contributed by atoms with van der Waals surface area (Å²) in [6.07, 6.45) is 0. The standard InChI is InChI=1S/C25H26N4O3S/c1-17(2)23(24-27-21-13-6-7-14-22(21)28-24)29-25(30)19-11-8-12-20(15-19)33(31,32)26-16-18-9-4-3-5-10-18/h3-15,17,23,26H,16H2,1-2H3,(H,27,28)(H,29,30). The Morgan fingerprint density at radius 3 is 2.42 bits per heavy atom. The van der Waals surface area contributed by atoms with Gasteiger partial charge in [0.05, 0.1) is 22.0 Å². The number of para-hydroxylation sites is 2. The topological polar surface area (TPSA) is 104 Å². The summed E-state index contributed by atoms with van der Waals surface area (Å²) in [5.74, 6) is 0.357. The Morgan fingerprint density at radius 1 is 0.970 bits per heavy atom. The Labute approximate surface area is 193 Å². The van der Waals surface area contributed by atoms with Crippen LogP contribution in [0.25, 0.3) is 11.0 Å². The van der Waals surface area contributed by atoms with Crippen LogP contribution < -0.4 is 10.0 Å². The van der Waals surface area contributed by atoms with Crippen molar-refractivity contribution in [2.45, 2.75) is 31.3 Å². The molecule has 1 aromatic heterocycles. The van der Waals surface area contributed by atoms with Crippen LogP contribution in [-0.4, -0.2) is 24.3 Å². The second-order valence-electron chi connectivity index (χ2n) is 8.17. The lowest BCUT2D eigenvalue weighted by molar-refractivity contribution is 0.0923. The van der Waals surface area contributed by atoms with Crippen molar-refractivity contribution in [2.24, 2.45) is 5.92 Å². The quantitative estimate of drug-likeness (QED) is 0.366. The predicted molar refractivity (Wildman–Crippen MR) is 128 cm³/mol. The highest BCUT2D eigenvalue weighted by Gasteiger charge is 2.23. The van der Waals surface area contributed by atoms with Crippen molar-refractivity contribution in [1.29, 1.82) is 0 Å². The van der Waals surface area contributed by atoms with Gasteiger partial charge >= 0.3 is 0 Å². The number of amides is 1. The third-order valence-corrected chi connectivity index (χ3v) is 6.77. The lowest BCUT2D eigenvalue weighted by atomic mass is 10.0. The molecule has 0 radical (unpaired) electrons. The third kappa shape index (κ3) is 5.30. The Balaban J connectivity index is 1.52. The molecule has 0 fully saturated rings. The van der Waals surface area contributed by atoms with Crippen LogP contribution in [0.1, 0.15) is 41.6 Å². The van der Waals surface area contributed by atoms with Gasteiger partial charge in [-0.2, -0.15) is 0 Å². The van der Waals surface area contributed by atoms with E-state index in [0.29, 0.717) is 5.82 Å². The van der Waals surface area contributed by atoms with Crippen LogP contribution in [0.4, 0.5) is 0 Å². The smallest absolute Gasteiger partial charge is 0.251 e. The maximum absolute atomic E-state index is 13.0. The van der Waals surface area contributed by atoms with Gasteiger partial charge in [-0.05, 0) is 41.8 Å². The summed E-state index contributed by atoms with van der Waals surface area (Å²) in [6, 6.07) is 22.6. The maximum atomic E-state index is 13.0. The number of benzene rings is 3. The molecule has 0 spiro atoms. The summed E-state index contributed by atoms with van der Waals surface area (Å²) in [6.45, 7) is 4.15. The number of carbonyl (C=O) groups is 1. The summed E-state index contributed by atoms with van der Waals surface area (Å²) in [5, 5.41) is 3.00. The minimum Gasteiger partial charge on any atom is -0.342 e. The minimum atomic E-state index is -3.78. The number of hydrogen-bond donors (Lipinski definition) is 3. The van der Waals surface area contributed by atoms with Gasteiger partial charge in [-0.15, -0.1) is 0 Å². The summed E-state index contributed by atoms with van der Waals surface area (Å²) in [7, 11) is -3.78. The highest BCUT2D eigenvalue weighted by atomic mass is 32.2. The molecule has 170 valence electrons. The van der Waals surface area contributed by atoms with Gasteiger partial charge in [0.2, 0.25) is 10.0 Å². The molecule has 0 aliphatic carbocycles. The van der Waals surface area contributed by atoms with E-state index in [2.05, 4.69) is 20.0 Å². The average molecular weight is 463 g/mol. The van der Waals surface area contributed by atoms with Gasteiger partial charge in [-0.3, -0.25) is 4.79 Å². The summed E-state index contributed by atoms with van der Waals surface area (Å²) < 4.78 is 28.1. The minimum absolute atomic E-state index is 0.0379. The van der Waals surface area contributed by atoms with Crippen LogP contribution in [0.5, 0.6) is 0 Å². The van der Waals surface area contributed by atoms with E-state index in [9.17, 15) is 13.2 Å². The molecule has 33 heavy (non-hydrogen) atoms. The predicted octanol–water partition coefficient (Wildman–Crippen LogP) is 4.17. The first-order valence-electron chi connectivity index (χ1n) is 10.7. The number of nitrogens with zero attached hydrogens (tertiary/aromatic N) is 1. The number of nitrogens with one attached hydrogen (secondary N) is 3. The molecule has 1 unspecified atom stereocenters. The van der Waals surface area contributed by atoms with Gasteiger partial charge in [0.1, 0.15) is 5.82 Å². The molecule has 4 aromatic rings. The molecular weight excluding hydrogens is 436 g/mol. The molecule has 1 atom stereocenters. The van der Waals surface area contributed by atoms with E-state index >= 15 is 0 Å². The molecule has 1 amide bonds. The molecule has 0 aliphatic heterocycles. The van der Waals surface area contributed by atoms with Crippen LogP contribution >= 0.6 is 0 Å². The first kappa shape index (κ1) is 22.7. The van der Waals surface area contributed by atoms with Crippen LogP contribution in [0, 0.1) is 5.92 Å². The Kier molecular flexibility index (Phi) is 6.57. The van der Waals surface area contributed by atoms with Gasteiger partial charge in [0.15, 0.2) is 0 Å². The molecular formula is C25H26N4O3S. The zero-order valence-electron chi connectivity index (χ0n) is 18.4. The second-order valence-corrected chi connectivity index (χ2v) is 9.94. The molecule has 0 aliphatic rings. The van der Waals surface area contributed by atoms with Crippen molar-refractivity contribution in [2.75, 3.05) is 0 Å². The molecule has 7 nitrogen and oxygen atoms in total. The largest absolute Gasteiger partial charge is 0.342 e. The normalized spacial score (nSPS) is 12.7. The zero-order valence-corrected chi connectivity index (χ0v) is 19.3. The van der Waals surface area contributed by atoms with Crippen molar-refractivity contribution >= 4 is 27.0 Å². The van der Waals surface area contributed by atoms with Gasteiger partial charge in [0, 0.05) is 12.1 Å². The summed E-state index contributed by atoms with van der Waals surface area (Å²) >= 11 is 0. The van der Waals surface area contributed by atoms with Gasteiger partial charge in [-0.1, -0.05) is 62.4 Å². The molecule has 8 heteroatoms. The van der Waals surface area contributed by atoms with Crippen molar-refractivity contribution in [3.05, 3.63) is 95.8 Å². The van der Waals surface area contributed by atoms with Crippen molar-refractivity contribution < 1.29 is 13.2 Å². The van der Waals surface area contributed by atoms with Gasteiger partial charge in [0.25, 0.3) is 5.91 Å². The van der Waals surface area contributed by atoms with Crippen molar-refractivity contribution in [1.82, 2.24) is 20.0 Å².